The predicted molar refractivity (Wildman–Crippen MR) is 114 cm³/mol. The van der Waals surface area contributed by atoms with E-state index in [9.17, 15) is 9.50 Å². The highest BCUT2D eigenvalue weighted by molar-refractivity contribution is 5.55. The maximum Gasteiger partial charge on any atom is 0.324 e. The number of hydrogen-bond acceptors (Lipinski definition) is 8. The zero-order chi connectivity index (χ0) is 21.6. The fraction of sp³-hybridized carbons (Fsp3) is 0.591. The highest BCUT2D eigenvalue weighted by atomic mass is 19.1. The molecule has 0 radical (unpaired) electrons. The van der Waals surface area contributed by atoms with Gasteiger partial charge in [0.15, 0.2) is 11.6 Å². The first-order chi connectivity index (χ1) is 15.0. The van der Waals surface area contributed by atoms with Gasteiger partial charge >= 0.3 is 12.0 Å². The molecule has 1 aliphatic carbocycles. The number of aromatic nitrogens is 3. The number of phenolic OH excluding ortho intramolecular Hbond substituents is 1. The van der Waals surface area contributed by atoms with Crippen LogP contribution < -0.4 is 14.8 Å². The molecule has 0 atom stereocenters. The van der Waals surface area contributed by atoms with Crippen molar-refractivity contribution < 1.29 is 19.0 Å². The summed E-state index contributed by atoms with van der Waals surface area (Å²) < 4.78 is 25.9. The van der Waals surface area contributed by atoms with Crippen LogP contribution >= 0.6 is 0 Å². The van der Waals surface area contributed by atoms with E-state index in [1.165, 1.54) is 25.0 Å². The Balaban J connectivity index is 1.53. The molecule has 2 fully saturated rings. The van der Waals surface area contributed by atoms with Gasteiger partial charge in [-0.3, -0.25) is 0 Å². The van der Waals surface area contributed by atoms with Gasteiger partial charge in [-0.1, -0.05) is 12.8 Å². The standard InChI is InChI=1S/C22H30FN5O3/c1-28-12-10-17(11-13-28)31-22-26-20(24-15-8-9-19(29)18(23)14-15)25-21(27-22)30-16-6-4-2-3-5-7-16/h8-9,14,16-17,29H,2-7,10-13H2,1H3,(H,24,25,26,27). The minimum absolute atomic E-state index is 0.0308. The van der Waals surface area contributed by atoms with E-state index >= 15 is 0 Å². The lowest BCUT2D eigenvalue weighted by molar-refractivity contribution is 0.101. The number of ether oxygens (including phenoxy) is 2. The summed E-state index contributed by atoms with van der Waals surface area (Å²) in [4.78, 5) is 15.4. The first-order valence-corrected chi connectivity index (χ1v) is 11.1. The molecule has 0 bridgehead atoms. The van der Waals surface area contributed by atoms with Crippen LogP contribution in [0.1, 0.15) is 51.4 Å². The number of hydrogen-bond donors (Lipinski definition) is 2. The van der Waals surface area contributed by atoms with Gasteiger partial charge in [0.05, 0.1) is 0 Å². The molecule has 2 N–H and O–H groups in total. The molecular weight excluding hydrogens is 401 g/mol. The monoisotopic (exact) mass is 431 g/mol. The van der Waals surface area contributed by atoms with E-state index in [2.05, 4.69) is 32.2 Å². The number of nitrogens with zero attached hydrogens (tertiary/aromatic N) is 4. The van der Waals surface area contributed by atoms with Crippen LogP contribution in [0.15, 0.2) is 18.2 Å². The molecule has 0 spiro atoms. The van der Waals surface area contributed by atoms with Crippen LogP contribution in [0.2, 0.25) is 0 Å². The van der Waals surface area contributed by atoms with Gasteiger partial charge in [0.25, 0.3) is 0 Å². The van der Waals surface area contributed by atoms with Crippen LogP contribution in [0.5, 0.6) is 17.8 Å². The van der Waals surface area contributed by atoms with Crippen LogP contribution in [-0.2, 0) is 0 Å². The molecule has 31 heavy (non-hydrogen) atoms. The number of nitrogens with one attached hydrogen (secondary N) is 1. The Bertz CT molecular complexity index is 868. The molecule has 2 heterocycles. The highest BCUT2D eigenvalue weighted by Crippen LogP contribution is 2.26. The average molecular weight is 432 g/mol. The second-order valence-corrected chi connectivity index (χ2v) is 8.37. The molecule has 168 valence electrons. The summed E-state index contributed by atoms with van der Waals surface area (Å²) in [6.07, 6.45) is 8.55. The zero-order valence-electron chi connectivity index (χ0n) is 17.9. The van der Waals surface area contributed by atoms with E-state index in [0.717, 1.165) is 51.6 Å². The molecule has 1 saturated heterocycles. The van der Waals surface area contributed by atoms with Crippen molar-refractivity contribution in [3.63, 3.8) is 0 Å². The van der Waals surface area contributed by atoms with Gasteiger partial charge in [0.2, 0.25) is 5.95 Å². The lowest BCUT2D eigenvalue weighted by Gasteiger charge is -2.28. The second-order valence-electron chi connectivity index (χ2n) is 8.37. The van der Waals surface area contributed by atoms with Crippen molar-refractivity contribution in [3.8, 4) is 17.8 Å². The number of aromatic hydroxyl groups is 1. The topological polar surface area (TPSA) is 92.6 Å². The molecule has 0 amide bonds. The van der Waals surface area contributed by atoms with Crippen molar-refractivity contribution >= 4 is 11.6 Å². The maximum atomic E-state index is 13.7. The summed E-state index contributed by atoms with van der Waals surface area (Å²) in [5, 5.41) is 12.4. The number of likely N-dealkylation sites (tertiary alicyclic amines) is 1. The Morgan fingerprint density at radius 1 is 0.935 bits per heavy atom. The number of benzene rings is 1. The fourth-order valence-electron chi connectivity index (χ4n) is 3.97. The van der Waals surface area contributed by atoms with Crippen molar-refractivity contribution in [1.82, 2.24) is 19.9 Å². The third-order valence-corrected chi connectivity index (χ3v) is 5.81. The van der Waals surface area contributed by atoms with Gasteiger partial charge in [-0.25, -0.2) is 4.39 Å². The summed E-state index contributed by atoms with van der Waals surface area (Å²) in [5.74, 6) is -0.923. The molecule has 1 saturated carbocycles. The molecule has 0 unspecified atom stereocenters. The Labute approximate surface area is 181 Å². The molecule has 9 heteroatoms. The molecule has 2 aromatic rings. The normalized spacial score (nSPS) is 19.0. The van der Waals surface area contributed by atoms with Crippen LogP contribution in [0, 0.1) is 5.82 Å². The number of piperidine rings is 1. The summed E-state index contributed by atoms with van der Waals surface area (Å²) in [7, 11) is 2.09. The maximum absolute atomic E-state index is 13.7. The summed E-state index contributed by atoms with van der Waals surface area (Å²) in [5.41, 5.74) is 0.409. The van der Waals surface area contributed by atoms with E-state index in [1.807, 2.05) is 0 Å². The third-order valence-electron chi connectivity index (χ3n) is 5.81. The van der Waals surface area contributed by atoms with Crippen LogP contribution in [-0.4, -0.2) is 57.3 Å². The Morgan fingerprint density at radius 2 is 1.55 bits per heavy atom. The summed E-state index contributed by atoms with van der Waals surface area (Å²) in [6, 6.07) is 4.42. The smallest absolute Gasteiger partial charge is 0.324 e. The van der Waals surface area contributed by atoms with Crippen molar-refractivity contribution in [2.24, 2.45) is 0 Å². The minimum Gasteiger partial charge on any atom is -0.505 e. The number of rotatable bonds is 6. The van der Waals surface area contributed by atoms with Crippen molar-refractivity contribution in [3.05, 3.63) is 24.0 Å². The molecule has 8 nitrogen and oxygen atoms in total. The first kappa shape index (κ1) is 21.5. The quantitative estimate of drug-likeness (QED) is 0.523. The molecular formula is C22H30FN5O3. The summed E-state index contributed by atoms with van der Waals surface area (Å²) in [6.45, 7) is 1.91. The fourth-order valence-corrected chi connectivity index (χ4v) is 3.97. The van der Waals surface area contributed by atoms with E-state index in [1.54, 1.807) is 6.07 Å². The van der Waals surface area contributed by atoms with Gasteiger partial charge in [0, 0.05) is 24.8 Å². The first-order valence-electron chi connectivity index (χ1n) is 11.1. The zero-order valence-corrected chi connectivity index (χ0v) is 17.9. The van der Waals surface area contributed by atoms with Gasteiger partial charge < -0.3 is 24.8 Å². The predicted octanol–water partition coefficient (Wildman–Crippen LogP) is 4.03. The molecule has 1 aliphatic heterocycles. The Morgan fingerprint density at radius 3 is 2.16 bits per heavy atom. The molecule has 4 rings (SSSR count). The van der Waals surface area contributed by atoms with Crippen molar-refractivity contribution in [1.29, 1.82) is 0 Å². The second kappa shape index (κ2) is 10.1. The van der Waals surface area contributed by atoms with Gasteiger partial charge in [0.1, 0.15) is 12.2 Å². The minimum atomic E-state index is -0.725. The number of halogens is 1. The lowest BCUT2D eigenvalue weighted by Crippen LogP contribution is -2.36. The van der Waals surface area contributed by atoms with Gasteiger partial charge in [-0.05, 0) is 57.7 Å². The molecule has 1 aromatic heterocycles. The average Bonchev–Trinajstić information content (AvgIpc) is 3.01. The Kier molecular flexibility index (Phi) is 7.01. The van der Waals surface area contributed by atoms with Crippen LogP contribution in [0.4, 0.5) is 16.0 Å². The van der Waals surface area contributed by atoms with Gasteiger partial charge in [-0.2, -0.15) is 9.97 Å². The van der Waals surface area contributed by atoms with Gasteiger partial charge in [-0.15, -0.1) is 4.98 Å². The number of anilines is 2. The summed E-state index contributed by atoms with van der Waals surface area (Å²) >= 11 is 0. The van der Waals surface area contributed by atoms with Crippen molar-refractivity contribution in [2.45, 2.75) is 63.6 Å². The van der Waals surface area contributed by atoms with E-state index in [-0.39, 0.29) is 30.2 Å². The third kappa shape index (κ3) is 6.16. The van der Waals surface area contributed by atoms with E-state index < -0.39 is 11.6 Å². The SMILES string of the molecule is CN1CCC(Oc2nc(Nc3ccc(O)c(F)c3)nc(OC3CCCCCC3)n2)CC1. The molecule has 1 aromatic carbocycles. The van der Waals surface area contributed by atoms with Crippen LogP contribution in [0.3, 0.4) is 0 Å². The van der Waals surface area contributed by atoms with E-state index in [4.69, 9.17) is 9.47 Å². The lowest BCUT2D eigenvalue weighted by atomic mass is 10.1. The van der Waals surface area contributed by atoms with E-state index in [0.29, 0.717) is 5.69 Å². The largest absolute Gasteiger partial charge is 0.505 e. The molecule has 2 aliphatic rings. The number of phenols is 1. The Hall–Kier alpha value is -2.68. The van der Waals surface area contributed by atoms with Crippen LogP contribution in [0.25, 0.3) is 0 Å². The van der Waals surface area contributed by atoms with Crippen molar-refractivity contribution in [2.75, 3.05) is 25.5 Å². The highest BCUT2D eigenvalue weighted by Gasteiger charge is 2.22.